The molecular formula is C17H22N4O3. The normalized spacial score (nSPS) is 11.5. The summed E-state index contributed by atoms with van der Waals surface area (Å²) in [4.78, 5) is 26.2. The highest BCUT2D eigenvalue weighted by Gasteiger charge is 2.16. The maximum atomic E-state index is 12.1. The van der Waals surface area contributed by atoms with Gasteiger partial charge in [0.25, 0.3) is 5.56 Å². The van der Waals surface area contributed by atoms with E-state index in [4.69, 9.17) is 0 Å². The van der Waals surface area contributed by atoms with Gasteiger partial charge in [-0.25, -0.2) is 4.79 Å². The van der Waals surface area contributed by atoms with Gasteiger partial charge in [-0.3, -0.25) is 19.8 Å². The minimum absolute atomic E-state index is 0.00760. The number of aryl methyl sites for hydroxylation is 1. The van der Waals surface area contributed by atoms with E-state index in [9.17, 15) is 14.7 Å². The molecule has 0 aliphatic heterocycles. The third-order valence-electron chi connectivity index (χ3n) is 3.76. The first-order valence-corrected chi connectivity index (χ1v) is 7.88. The van der Waals surface area contributed by atoms with Crippen molar-refractivity contribution in [3.63, 3.8) is 0 Å². The molecular weight excluding hydrogens is 308 g/mol. The third-order valence-corrected chi connectivity index (χ3v) is 3.76. The average molecular weight is 330 g/mol. The van der Waals surface area contributed by atoms with Gasteiger partial charge in [0.1, 0.15) is 5.56 Å². The lowest BCUT2D eigenvalue weighted by Gasteiger charge is -2.11. The van der Waals surface area contributed by atoms with Crippen LogP contribution in [0.4, 0.5) is 5.69 Å². The second kappa shape index (κ2) is 7.63. The predicted molar refractivity (Wildman–Crippen MR) is 94.9 cm³/mol. The van der Waals surface area contributed by atoms with E-state index in [1.54, 1.807) is 6.92 Å². The molecule has 3 N–H and O–H groups in total. The fourth-order valence-corrected chi connectivity index (χ4v) is 2.31. The Labute approximate surface area is 139 Å². The van der Waals surface area contributed by atoms with Crippen LogP contribution >= 0.6 is 0 Å². The Morgan fingerprint density at radius 3 is 2.71 bits per heavy atom. The van der Waals surface area contributed by atoms with Crippen LogP contribution in [0.15, 0.2) is 39.0 Å². The van der Waals surface area contributed by atoms with E-state index in [1.165, 1.54) is 0 Å². The minimum Gasteiger partial charge on any atom is -0.494 e. The molecule has 0 unspecified atom stereocenters. The molecule has 0 saturated heterocycles. The molecule has 0 amide bonds. The molecule has 0 spiro atoms. The Kier molecular flexibility index (Phi) is 5.57. The number of nitrogens with zero attached hydrogens (tertiary/aromatic N) is 2. The molecule has 0 fully saturated rings. The van der Waals surface area contributed by atoms with Gasteiger partial charge in [-0.05, 0) is 31.9 Å². The van der Waals surface area contributed by atoms with Gasteiger partial charge in [-0.15, -0.1) is 0 Å². The smallest absolute Gasteiger partial charge is 0.331 e. The fraction of sp³-hybridized carbons (Fsp3) is 0.353. The van der Waals surface area contributed by atoms with Crippen LogP contribution in [0.3, 0.4) is 0 Å². The fourth-order valence-electron chi connectivity index (χ4n) is 2.31. The standard InChI is InChI=1S/C17H22N4O3/c1-4-5-10-21-16(23)14(15(22)18-17(21)24)12(3)19-20-13-9-7-6-8-11(13)2/h6-9,20,23H,4-5,10H2,1-3H3,(H,18,22,24)/b19-12+. The average Bonchev–Trinajstić information content (AvgIpc) is 2.53. The molecule has 7 nitrogen and oxygen atoms in total. The summed E-state index contributed by atoms with van der Waals surface area (Å²) in [5.74, 6) is -0.356. The molecule has 0 atom stereocenters. The van der Waals surface area contributed by atoms with Crippen molar-refractivity contribution in [3.8, 4) is 5.88 Å². The highest BCUT2D eigenvalue weighted by molar-refractivity contribution is 6.00. The molecule has 24 heavy (non-hydrogen) atoms. The van der Waals surface area contributed by atoms with Gasteiger partial charge in [-0.1, -0.05) is 31.5 Å². The number of anilines is 1. The summed E-state index contributed by atoms with van der Waals surface area (Å²) in [6.45, 7) is 5.85. The van der Waals surface area contributed by atoms with E-state index in [-0.39, 0.29) is 11.4 Å². The first-order valence-electron chi connectivity index (χ1n) is 7.88. The highest BCUT2D eigenvalue weighted by Crippen LogP contribution is 2.15. The molecule has 1 aromatic carbocycles. The quantitative estimate of drug-likeness (QED) is 0.558. The molecule has 0 bridgehead atoms. The number of aromatic hydroxyl groups is 1. The largest absolute Gasteiger partial charge is 0.494 e. The van der Waals surface area contributed by atoms with Crippen molar-refractivity contribution in [1.82, 2.24) is 9.55 Å². The van der Waals surface area contributed by atoms with E-state index in [1.807, 2.05) is 38.1 Å². The zero-order chi connectivity index (χ0) is 17.7. The monoisotopic (exact) mass is 330 g/mol. The summed E-state index contributed by atoms with van der Waals surface area (Å²) in [6, 6.07) is 7.58. The van der Waals surface area contributed by atoms with Crippen LogP contribution in [0, 0.1) is 6.92 Å². The van der Waals surface area contributed by atoms with Gasteiger partial charge in [-0.2, -0.15) is 5.10 Å². The molecule has 2 rings (SSSR count). The Bertz CT molecular complexity index is 865. The number of hydrogen-bond acceptors (Lipinski definition) is 5. The summed E-state index contributed by atoms with van der Waals surface area (Å²) in [5, 5.41) is 14.5. The molecule has 0 aliphatic rings. The number of unbranched alkanes of at least 4 members (excludes halogenated alkanes) is 1. The lowest BCUT2D eigenvalue weighted by molar-refractivity contribution is 0.394. The first-order chi connectivity index (χ1) is 11.5. The van der Waals surface area contributed by atoms with Crippen LogP contribution in [0.25, 0.3) is 0 Å². The number of H-pyrrole nitrogens is 1. The lowest BCUT2D eigenvalue weighted by Crippen LogP contribution is -2.33. The van der Waals surface area contributed by atoms with E-state index < -0.39 is 11.2 Å². The molecule has 7 heteroatoms. The van der Waals surface area contributed by atoms with E-state index >= 15 is 0 Å². The number of aromatic amines is 1. The van der Waals surface area contributed by atoms with Crippen LogP contribution in [-0.4, -0.2) is 20.4 Å². The van der Waals surface area contributed by atoms with Crippen molar-refractivity contribution in [3.05, 3.63) is 56.2 Å². The summed E-state index contributed by atoms with van der Waals surface area (Å²) in [6.07, 6.45) is 1.58. The topological polar surface area (TPSA) is 99.5 Å². The van der Waals surface area contributed by atoms with Crippen molar-refractivity contribution in [2.75, 3.05) is 5.43 Å². The van der Waals surface area contributed by atoms with Crippen LogP contribution in [0.2, 0.25) is 0 Å². The van der Waals surface area contributed by atoms with Crippen molar-refractivity contribution < 1.29 is 5.11 Å². The number of hydrogen-bond donors (Lipinski definition) is 3. The Morgan fingerprint density at radius 1 is 1.33 bits per heavy atom. The summed E-state index contributed by atoms with van der Waals surface area (Å²) >= 11 is 0. The van der Waals surface area contributed by atoms with Crippen LogP contribution in [0.5, 0.6) is 5.88 Å². The van der Waals surface area contributed by atoms with E-state index in [2.05, 4.69) is 15.5 Å². The van der Waals surface area contributed by atoms with E-state index in [0.29, 0.717) is 12.3 Å². The number of aromatic nitrogens is 2. The van der Waals surface area contributed by atoms with Gasteiger partial charge in [0, 0.05) is 6.54 Å². The van der Waals surface area contributed by atoms with Crippen molar-refractivity contribution in [1.29, 1.82) is 0 Å². The number of benzene rings is 1. The van der Waals surface area contributed by atoms with Gasteiger partial charge in [0.15, 0.2) is 0 Å². The molecule has 1 heterocycles. The molecule has 2 aromatic rings. The van der Waals surface area contributed by atoms with Crippen molar-refractivity contribution >= 4 is 11.4 Å². The molecule has 0 radical (unpaired) electrons. The lowest BCUT2D eigenvalue weighted by atomic mass is 10.2. The molecule has 0 aliphatic carbocycles. The maximum Gasteiger partial charge on any atom is 0.331 e. The number of nitrogens with one attached hydrogen (secondary N) is 2. The predicted octanol–water partition coefficient (Wildman–Crippen LogP) is 2.19. The molecule has 1 aromatic heterocycles. The minimum atomic E-state index is -0.655. The Balaban J connectivity index is 2.40. The van der Waals surface area contributed by atoms with Crippen LogP contribution < -0.4 is 16.7 Å². The molecule has 0 saturated carbocycles. The summed E-state index contributed by atoms with van der Waals surface area (Å²) in [5.41, 5.74) is 3.69. The van der Waals surface area contributed by atoms with E-state index in [0.717, 1.165) is 28.7 Å². The van der Waals surface area contributed by atoms with Crippen molar-refractivity contribution in [2.45, 2.75) is 40.2 Å². The number of para-hydroxylation sites is 1. The highest BCUT2D eigenvalue weighted by atomic mass is 16.3. The van der Waals surface area contributed by atoms with Gasteiger partial charge in [0.2, 0.25) is 5.88 Å². The number of hydrazone groups is 1. The number of rotatable bonds is 6. The van der Waals surface area contributed by atoms with Crippen LogP contribution in [-0.2, 0) is 6.54 Å². The third kappa shape index (κ3) is 3.73. The maximum absolute atomic E-state index is 12.1. The Hall–Kier alpha value is -2.83. The first kappa shape index (κ1) is 17.5. The second-order valence-corrected chi connectivity index (χ2v) is 5.59. The van der Waals surface area contributed by atoms with Gasteiger partial charge in [0.05, 0.1) is 11.4 Å². The summed E-state index contributed by atoms with van der Waals surface area (Å²) < 4.78 is 1.16. The van der Waals surface area contributed by atoms with Crippen LogP contribution in [0.1, 0.15) is 37.8 Å². The van der Waals surface area contributed by atoms with Crippen molar-refractivity contribution in [2.24, 2.45) is 5.10 Å². The Morgan fingerprint density at radius 2 is 2.04 bits per heavy atom. The van der Waals surface area contributed by atoms with Gasteiger partial charge < -0.3 is 5.11 Å². The SMILES string of the molecule is CCCCn1c(O)c(/C(C)=N/Nc2ccccc2C)c(=O)[nH]c1=O. The zero-order valence-electron chi connectivity index (χ0n) is 14.1. The molecule has 128 valence electrons. The van der Waals surface area contributed by atoms with Gasteiger partial charge >= 0.3 is 5.69 Å². The zero-order valence-corrected chi connectivity index (χ0v) is 14.1. The summed E-state index contributed by atoms with van der Waals surface area (Å²) in [7, 11) is 0. The second-order valence-electron chi connectivity index (χ2n) is 5.59.